The average molecular weight is 245 g/mol. The summed E-state index contributed by atoms with van der Waals surface area (Å²) in [4.78, 5) is 0. The first-order chi connectivity index (χ1) is 8.83. The molecular formula is C15H19NO2. The van der Waals surface area contributed by atoms with E-state index >= 15 is 0 Å². The number of ether oxygens (including phenoxy) is 1. The van der Waals surface area contributed by atoms with E-state index in [0.717, 1.165) is 34.9 Å². The summed E-state index contributed by atoms with van der Waals surface area (Å²) >= 11 is 0. The Hall–Kier alpha value is -1.48. The Bertz CT molecular complexity index is 542. The van der Waals surface area contributed by atoms with Crippen LogP contribution in [0.25, 0.3) is 11.0 Å². The standard InChI is InChI=1S/C15H19NO2/c1-3-16-14(10-7-8-10)13-9-11-5-4-6-12(17-2)15(11)18-13/h4-6,9-10,14,16H,3,7-8H2,1-2H3. The van der Waals surface area contributed by atoms with Gasteiger partial charge in [-0.1, -0.05) is 19.1 Å². The quantitative estimate of drug-likeness (QED) is 0.875. The largest absolute Gasteiger partial charge is 0.493 e. The van der Waals surface area contributed by atoms with Gasteiger partial charge in [0.15, 0.2) is 11.3 Å². The summed E-state index contributed by atoms with van der Waals surface area (Å²) in [5.74, 6) is 2.58. The number of para-hydroxylation sites is 1. The van der Waals surface area contributed by atoms with E-state index in [1.165, 1.54) is 12.8 Å². The first-order valence-electron chi connectivity index (χ1n) is 6.63. The minimum absolute atomic E-state index is 0.354. The minimum atomic E-state index is 0.354. The Kier molecular flexibility index (Phi) is 3.00. The van der Waals surface area contributed by atoms with Crippen LogP contribution in [0.4, 0.5) is 0 Å². The first kappa shape index (κ1) is 11.6. The van der Waals surface area contributed by atoms with E-state index in [1.54, 1.807) is 7.11 Å². The van der Waals surface area contributed by atoms with Gasteiger partial charge >= 0.3 is 0 Å². The molecule has 0 bridgehead atoms. The monoisotopic (exact) mass is 245 g/mol. The van der Waals surface area contributed by atoms with Crippen molar-refractivity contribution in [1.82, 2.24) is 5.32 Å². The van der Waals surface area contributed by atoms with Crippen LogP contribution in [-0.4, -0.2) is 13.7 Å². The van der Waals surface area contributed by atoms with E-state index in [-0.39, 0.29) is 0 Å². The highest BCUT2D eigenvalue weighted by molar-refractivity contribution is 5.83. The third-order valence-electron chi connectivity index (χ3n) is 3.57. The van der Waals surface area contributed by atoms with Crippen molar-refractivity contribution in [2.45, 2.75) is 25.8 Å². The summed E-state index contributed by atoms with van der Waals surface area (Å²) < 4.78 is 11.4. The van der Waals surface area contributed by atoms with Crippen molar-refractivity contribution < 1.29 is 9.15 Å². The lowest BCUT2D eigenvalue weighted by atomic mass is 10.1. The van der Waals surface area contributed by atoms with Crippen LogP contribution >= 0.6 is 0 Å². The van der Waals surface area contributed by atoms with Gasteiger partial charge in [-0.3, -0.25) is 0 Å². The molecule has 1 fully saturated rings. The summed E-state index contributed by atoms with van der Waals surface area (Å²) in [6.07, 6.45) is 2.59. The molecule has 1 aliphatic rings. The van der Waals surface area contributed by atoms with Gasteiger partial charge in [0, 0.05) is 5.39 Å². The van der Waals surface area contributed by atoms with Crippen molar-refractivity contribution in [1.29, 1.82) is 0 Å². The molecule has 1 N–H and O–H groups in total. The summed E-state index contributed by atoms with van der Waals surface area (Å²) in [6, 6.07) is 8.51. The highest BCUT2D eigenvalue weighted by Gasteiger charge is 2.34. The zero-order chi connectivity index (χ0) is 12.5. The predicted molar refractivity (Wildman–Crippen MR) is 71.9 cm³/mol. The van der Waals surface area contributed by atoms with Gasteiger partial charge < -0.3 is 14.5 Å². The van der Waals surface area contributed by atoms with Crippen molar-refractivity contribution in [3.8, 4) is 5.75 Å². The fourth-order valence-corrected chi connectivity index (χ4v) is 2.52. The molecule has 1 aliphatic carbocycles. The van der Waals surface area contributed by atoms with E-state index in [0.29, 0.717) is 6.04 Å². The summed E-state index contributed by atoms with van der Waals surface area (Å²) in [5.41, 5.74) is 0.860. The van der Waals surface area contributed by atoms with Crippen LogP contribution in [0.1, 0.15) is 31.6 Å². The maximum Gasteiger partial charge on any atom is 0.176 e. The van der Waals surface area contributed by atoms with Crippen molar-refractivity contribution in [3.05, 3.63) is 30.0 Å². The molecule has 1 saturated carbocycles. The molecule has 1 unspecified atom stereocenters. The van der Waals surface area contributed by atoms with Gasteiger partial charge in [0.1, 0.15) is 5.76 Å². The molecular weight excluding hydrogens is 226 g/mol. The molecule has 0 radical (unpaired) electrons. The topological polar surface area (TPSA) is 34.4 Å². The first-order valence-corrected chi connectivity index (χ1v) is 6.63. The van der Waals surface area contributed by atoms with E-state index in [4.69, 9.17) is 9.15 Å². The van der Waals surface area contributed by atoms with Crippen molar-refractivity contribution >= 4 is 11.0 Å². The van der Waals surface area contributed by atoms with Gasteiger partial charge in [0.25, 0.3) is 0 Å². The van der Waals surface area contributed by atoms with Crippen molar-refractivity contribution in [3.63, 3.8) is 0 Å². The molecule has 1 heterocycles. The number of hydrogen-bond acceptors (Lipinski definition) is 3. The SMILES string of the molecule is CCNC(c1cc2cccc(OC)c2o1)C1CC1. The minimum Gasteiger partial charge on any atom is -0.493 e. The average Bonchev–Trinajstić information content (AvgIpc) is 3.13. The van der Waals surface area contributed by atoms with E-state index in [1.807, 2.05) is 12.1 Å². The summed E-state index contributed by atoms with van der Waals surface area (Å²) in [5, 5.41) is 4.64. The van der Waals surface area contributed by atoms with Crippen LogP contribution in [0.3, 0.4) is 0 Å². The molecule has 3 nitrogen and oxygen atoms in total. The number of furan rings is 1. The van der Waals surface area contributed by atoms with Crippen LogP contribution in [0, 0.1) is 5.92 Å². The Morgan fingerprint density at radius 1 is 1.44 bits per heavy atom. The third kappa shape index (κ3) is 1.99. The van der Waals surface area contributed by atoms with Crippen LogP contribution in [0.5, 0.6) is 5.75 Å². The van der Waals surface area contributed by atoms with Crippen LogP contribution in [0.15, 0.2) is 28.7 Å². The van der Waals surface area contributed by atoms with E-state index in [9.17, 15) is 0 Å². The normalized spacial score (nSPS) is 17.0. The van der Waals surface area contributed by atoms with Gasteiger partial charge in [-0.2, -0.15) is 0 Å². The molecule has 18 heavy (non-hydrogen) atoms. The number of hydrogen-bond donors (Lipinski definition) is 1. The van der Waals surface area contributed by atoms with Gasteiger partial charge in [-0.05, 0) is 37.4 Å². The van der Waals surface area contributed by atoms with Gasteiger partial charge in [0.05, 0.1) is 13.2 Å². The zero-order valence-electron chi connectivity index (χ0n) is 10.9. The second-order valence-corrected chi connectivity index (χ2v) is 4.90. The molecule has 1 aromatic carbocycles. The fraction of sp³-hybridized carbons (Fsp3) is 0.467. The number of fused-ring (bicyclic) bond motifs is 1. The van der Waals surface area contributed by atoms with Crippen LogP contribution in [-0.2, 0) is 0 Å². The molecule has 0 saturated heterocycles. The Balaban J connectivity index is 2.01. The second-order valence-electron chi connectivity index (χ2n) is 4.90. The van der Waals surface area contributed by atoms with Crippen molar-refractivity contribution in [2.24, 2.45) is 5.92 Å². The smallest absolute Gasteiger partial charge is 0.176 e. The zero-order valence-corrected chi connectivity index (χ0v) is 10.9. The van der Waals surface area contributed by atoms with Crippen LogP contribution < -0.4 is 10.1 Å². The lowest BCUT2D eigenvalue weighted by Gasteiger charge is -2.13. The molecule has 0 amide bonds. The van der Waals surface area contributed by atoms with Gasteiger partial charge in [0.2, 0.25) is 0 Å². The maximum absolute atomic E-state index is 6.02. The number of methoxy groups -OCH3 is 1. The molecule has 3 rings (SSSR count). The predicted octanol–water partition coefficient (Wildman–Crippen LogP) is 3.50. The molecule has 0 spiro atoms. The Labute approximate surface area is 107 Å². The van der Waals surface area contributed by atoms with E-state index < -0.39 is 0 Å². The number of rotatable bonds is 5. The molecule has 0 aliphatic heterocycles. The number of nitrogens with one attached hydrogen (secondary N) is 1. The lowest BCUT2D eigenvalue weighted by molar-refractivity contribution is 0.384. The van der Waals surface area contributed by atoms with E-state index in [2.05, 4.69) is 24.4 Å². The molecule has 2 aromatic rings. The Morgan fingerprint density at radius 3 is 2.94 bits per heavy atom. The lowest BCUT2D eigenvalue weighted by Crippen LogP contribution is -2.21. The highest BCUT2D eigenvalue weighted by atomic mass is 16.5. The third-order valence-corrected chi connectivity index (χ3v) is 3.57. The molecule has 1 aromatic heterocycles. The molecule has 96 valence electrons. The Morgan fingerprint density at radius 2 is 2.28 bits per heavy atom. The van der Waals surface area contributed by atoms with Gasteiger partial charge in [-0.25, -0.2) is 0 Å². The fourth-order valence-electron chi connectivity index (χ4n) is 2.52. The maximum atomic E-state index is 6.02. The summed E-state index contributed by atoms with van der Waals surface area (Å²) in [6.45, 7) is 3.11. The van der Waals surface area contributed by atoms with Crippen molar-refractivity contribution in [2.75, 3.05) is 13.7 Å². The summed E-state index contributed by atoms with van der Waals surface area (Å²) in [7, 11) is 1.68. The van der Waals surface area contributed by atoms with Crippen LogP contribution in [0.2, 0.25) is 0 Å². The highest BCUT2D eigenvalue weighted by Crippen LogP contribution is 2.43. The molecule has 3 heteroatoms. The van der Waals surface area contributed by atoms with Gasteiger partial charge in [-0.15, -0.1) is 0 Å². The number of benzene rings is 1. The second kappa shape index (κ2) is 4.65. The molecule has 1 atom stereocenters.